The zero-order valence-electron chi connectivity index (χ0n) is 10.4. The first-order valence-corrected chi connectivity index (χ1v) is 7.09. The van der Waals surface area contributed by atoms with Gasteiger partial charge in [0.2, 0.25) is 5.91 Å². The number of nitrogens with zero attached hydrogens (tertiary/aromatic N) is 1. The summed E-state index contributed by atoms with van der Waals surface area (Å²) in [5.74, 6) is 0.307. The number of halogens is 1. The van der Waals surface area contributed by atoms with Crippen LogP contribution in [0.1, 0.15) is 58.3 Å². The molecule has 1 aliphatic rings. The van der Waals surface area contributed by atoms with Gasteiger partial charge in [-0.15, -0.1) is 11.6 Å². The number of likely N-dealkylation sites (tertiary alicyclic amines) is 1. The lowest BCUT2D eigenvalue weighted by molar-refractivity contribution is -0.132. The molecule has 3 heteroatoms. The second-order valence-corrected chi connectivity index (χ2v) is 5.36. The van der Waals surface area contributed by atoms with Gasteiger partial charge in [0.1, 0.15) is 0 Å². The molecule has 1 saturated heterocycles. The Morgan fingerprint density at radius 3 is 2.75 bits per heavy atom. The van der Waals surface area contributed by atoms with Gasteiger partial charge in [-0.25, -0.2) is 0 Å². The first kappa shape index (κ1) is 13.8. The molecule has 1 amide bonds. The Morgan fingerprint density at radius 1 is 1.31 bits per heavy atom. The minimum absolute atomic E-state index is 0.179. The van der Waals surface area contributed by atoms with E-state index in [0.717, 1.165) is 32.4 Å². The van der Waals surface area contributed by atoms with Crippen molar-refractivity contribution in [1.82, 2.24) is 4.90 Å². The van der Waals surface area contributed by atoms with E-state index >= 15 is 0 Å². The van der Waals surface area contributed by atoms with Crippen LogP contribution in [0, 0.1) is 0 Å². The highest BCUT2D eigenvalue weighted by atomic mass is 35.5. The summed E-state index contributed by atoms with van der Waals surface area (Å²) < 4.78 is 0. The molecule has 0 radical (unpaired) electrons. The van der Waals surface area contributed by atoms with Crippen LogP contribution in [0.25, 0.3) is 0 Å². The van der Waals surface area contributed by atoms with Crippen LogP contribution >= 0.6 is 11.6 Å². The van der Waals surface area contributed by atoms with E-state index in [4.69, 9.17) is 11.6 Å². The topological polar surface area (TPSA) is 20.3 Å². The van der Waals surface area contributed by atoms with Crippen molar-refractivity contribution >= 4 is 17.5 Å². The van der Waals surface area contributed by atoms with Crippen molar-refractivity contribution in [3.8, 4) is 0 Å². The molecule has 0 N–H and O–H groups in total. The van der Waals surface area contributed by atoms with E-state index in [-0.39, 0.29) is 5.38 Å². The second kappa shape index (κ2) is 7.94. The van der Waals surface area contributed by atoms with Crippen LogP contribution in [0.4, 0.5) is 0 Å². The molecule has 0 spiro atoms. The quantitative estimate of drug-likeness (QED) is 0.518. The predicted molar refractivity (Wildman–Crippen MR) is 68.8 cm³/mol. The number of rotatable bonds is 6. The molecule has 0 saturated carbocycles. The standard InChI is InChI=1S/C13H24ClNO/c1-2-3-4-5-6-9-13(16)15-10-7-8-12(14)11-15/h12H,2-11H2,1H3. The normalized spacial score (nSPS) is 21.1. The van der Waals surface area contributed by atoms with Crippen molar-refractivity contribution in [1.29, 1.82) is 0 Å². The fourth-order valence-electron chi connectivity index (χ4n) is 2.19. The monoisotopic (exact) mass is 245 g/mol. The Labute approximate surface area is 104 Å². The van der Waals surface area contributed by atoms with Crippen LogP contribution in [0.3, 0.4) is 0 Å². The second-order valence-electron chi connectivity index (χ2n) is 4.74. The molecule has 1 unspecified atom stereocenters. The number of carbonyl (C=O) groups excluding carboxylic acids is 1. The molecule has 2 nitrogen and oxygen atoms in total. The number of amides is 1. The van der Waals surface area contributed by atoms with Gasteiger partial charge in [-0.1, -0.05) is 32.6 Å². The van der Waals surface area contributed by atoms with Crippen molar-refractivity contribution in [2.45, 2.75) is 63.7 Å². The number of hydrogen-bond donors (Lipinski definition) is 0. The number of hydrogen-bond acceptors (Lipinski definition) is 1. The molecule has 94 valence electrons. The third kappa shape index (κ3) is 5.20. The van der Waals surface area contributed by atoms with Crippen molar-refractivity contribution in [2.75, 3.05) is 13.1 Å². The molecular weight excluding hydrogens is 222 g/mol. The number of carbonyl (C=O) groups is 1. The molecule has 1 atom stereocenters. The van der Waals surface area contributed by atoms with Crippen LogP contribution in [0.5, 0.6) is 0 Å². The summed E-state index contributed by atoms with van der Waals surface area (Å²) in [6.45, 7) is 3.88. The van der Waals surface area contributed by atoms with Gasteiger partial charge in [0.25, 0.3) is 0 Å². The average molecular weight is 246 g/mol. The van der Waals surface area contributed by atoms with E-state index in [1.165, 1.54) is 25.7 Å². The van der Waals surface area contributed by atoms with Gasteiger partial charge >= 0.3 is 0 Å². The van der Waals surface area contributed by atoms with Gasteiger partial charge < -0.3 is 4.90 Å². The highest BCUT2D eigenvalue weighted by Gasteiger charge is 2.21. The van der Waals surface area contributed by atoms with E-state index in [2.05, 4.69) is 6.92 Å². The van der Waals surface area contributed by atoms with Gasteiger partial charge in [-0.3, -0.25) is 4.79 Å². The summed E-state index contributed by atoms with van der Waals surface area (Å²) in [4.78, 5) is 13.8. The molecule has 1 aliphatic heterocycles. The summed E-state index contributed by atoms with van der Waals surface area (Å²) in [7, 11) is 0. The molecule has 0 bridgehead atoms. The molecule has 0 aromatic carbocycles. The Morgan fingerprint density at radius 2 is 2.06 bits per heavy atom. The summed E-state index contributed by atoms with van der Waals surface area (Å²) >= 11 is 6.06. The zero-order chi connectivity index (χ0) is 11.8. The van der Waals surface area contributed by atoms with Crippen LogP contribution in [0.15, 0.2) is 0 Å². The van der Waals surface area contributed by atoms with Crippen molar-refractivity contribution in [3.63, 3.8) is 0 Å². The average Bonchev–Trinajstić information content (AvgIpc) is 2.28. The van der Waals surface area contributed by atoms with Gasteiger partial charge in [0.05, 0.1) is 5.38 Å². The third-order valence-electron chi connectivity index (χ3n) is 3.21. The van der Waals surface area contributed by atoms with E-state index in [9.17, 15) is 4.79 Å². The molecule has 1 heterocycles. The summed E-state index contributed by atoms with van der Waals surface area (Å²) in [6, 6.07) is 0. The zero-order valence-corrected chi connectivity index (χ0v) is 11.1. The van der Waals surface area contributed by atoms with Gasteiger partial charge in [0.15, 0.2) is 0 Å². The summed E-state index contributed by atoms with van der Waals surface area (Å²) in [5.41, 5.74) is 0. The first-order chi connectivity index (χ1) is 7.74. The van der Waals surface area contributed by atoms with E-state index in [0.29, 0.717) is 12.3 Å². The lowest BCUT2D eigenvalue weighted by atomic mass is 10.1. The highest BCUT2D eigenvalue weighted by molar-refractivity contribution is 6.20. The van der Waals surface area contributed by atoms with E-state index in [1.54, 1.807) is 0 Å². The fourth-order valence-corrected chi connectivity index (χ4v) is 2.51. The molecule has 16 heavy (non-hydrogen) atoms. The molecule has 0 aromatic heterocycles. The van der Waals surface area contributed by atoms with Gasteiger partial charge in [0, 0.05) is 19.5 Å². The summed E-state index contributed by atoms with van der Waals surface area (Å²) in [6.07, 6.45) is 8.89. The molecule has 0 aliphatic carbocycles. The van der Waals surface area contributed by atoms with E-state index in [1.807, 2.05) is 4.90 Å². The lowest BCUT2D eigenvalue weighted by Gasteiger charge is -2.29. The minimum atomic E-state index is 0.179. The molecule has 0 aromatic rings. The smallest absolute Gasteiger partial charge is 0.222 e. The maximum atomic E-state index is 11.8. The van der Waals surface area contributed by atoms with Crippen molar-refractivity contribution in [2.24, 2.45) is 0 Å². The van der Waals surface area contributed by atoms with E-state index < -0.39 is 0 Å². The predicted octanol–water partition coefficient (Wildman–Crippen LogP) is 3.58. The Bertz CT molecular complexity index is 208. The van der Waals surface area contributed by atoms with Crippen molar-refractivity contribution in [3.05, 3.63) is 0 Å². The van der Waals surface area contributed by atoms with Gasteiger partial charge in [-0.05, 0) is 19.3 Å². The fraction of sp³-hybridized carbons (Fsp3) is 0.923. The molecule has 1 rings (SSSR count). The van der Waals surface area contributed by atoms with Crippen LogP contribution < -0.4 is 0 Å². The largest absolute Gasteiger partial charge is 0.341 e. The van der Waals surface area contributed by atoms with Crippen LogP contribution in [-0.2, 0) is 4.79 Å². The highest BCUT2D eigenvalue weighted by Crippen LogP contribution is 2.16. The van der Waals surface area contributed by atoms with Crippen molar-refractivity contribution < 1.29 is 4.79 Å². The Hall–Kier alpha value is -0.240. The third-order valence-corrected chi connectivity index (χ3v) is 3.57. The SMILES string of the molecule is CCCCCCCC(=O)N1CCCC(Cl)C1. The number of alkyl halides is 1. The maximum absolute atomic E-state index is 11.8. The van der Waals surface area contributed by atoms with Crippen LogP contribution in [-0.4, -0.2) is 29.3 Å². The Kier molecular flexibility index (Phi) is 6.86. The minimum Gasteiger partial charge on any atom is -0.341 e. The Balaban J connectivity index is 2.09. The first-order valence-electron chi connectivity index (χ1n) is 6.66. The van der Waals surface area contributed by atoms with Gasteiger partial charge in [-0.2, -0.15) is 0 Å². The summed E-state index contributed by atoms with van der Waals surface area (Å²) in [5, 5.41) is 0.179. The van der Waals surface area contributed by atoms with Crippen LogP contribution in [0.2, 0.25) is 0 Å². The lowest BCUT2D eigenvalue weighted by Crippen LogP contribution is -2.40. The molecule has 1 fully saturated rings. The number of piperidine rings is 1. The molecular formula is C13H24ClNO. The maximum Gasteiger partial charge on any atom is 0.222 e. The number of unbranched alkanes of at least 4 members (excludes halogenated alkanes) is 4.